The first-order valence-electron chi connectivity index (χ1n) is 7.95. The van der Waals surface area contributed by atoms with Crippen LogP contribution in [0.1, 0.15) is 45.4 Å². The van der Waals surface area contributed by atoms with Gasteiger partial charge >= 0.3 is 0 Å². The Kier molecular flexibility index (Phi) is 13.7. The van der Waals surface area contributed by atoms with Crippen LogP contribution in [0.15, 0.2) is 0 Å². The quantitative estimate of drug-likeness (QED) is 0.622. The van der Waals surface area contributed by atoms with E-state index in [1.165, 1.54) is 18.6 Å². The minimum atomic E-state index is 0. The van der Waals surface area contributed by atoms with Crippen molar-refractivity contribution >= 4 is 30.1 Å². The summed E-state index contributed by atoms with van der Waals surface area (Å²) in [7, 11) is 0. The van der Waals surface area contributed by atoms with E-state index < -0.39 is 0 Å². The second-order valence-corrected chi connectivity index (χ2v) is 6.53. The second-order valence-electron chi connectivity index (χ2n) is 5.31. The standard InChI is InChI=1S/C15H30N2O2S.ClH/c1-2-3-12-20-13-7-15(18)17-9-5-14(6-10-17)19-11-4-8-16;/h14H,2-13,16H2,1H3;1H. The molecule has 0 unspecified atom stereocenters. The highest BCUT2D eigenvalue weighted by atomic mass is 35.5. The molecular formula is C15H31ClN2O2S. The number of nitrogens with zero attached hydrogens (tertiary/aromatic N) is 1. The molecule has 6 heteroatoms. The fourth-order valence-electron chi connectivity index (χ4n) is 2.27. The first-order valence-corrected chi connectivity index (χ1v) is 9.10. The van der Waals surface area contributed by atoms with E-state index in [9.17, 15) is 4.79 Å². The Morgan fingerprint density at radius 1 is 1.29 bits per heavy atom. The molecule has 1 fully saturated rings. The largest absolute Gasteiger partial charge is 0.378 e. The molecule has 0 aromatic heterocycles. The Labute approximate surface area is 139 Å². The molecule has 1 amide bonds. The molecule has 21 heavy (non-hydrogen) atoms. The molecule has 1 saturated heterocycles. The Bertz CT molecular complexity index is 262. The summed E-state index contributed by atoms with van der Waals surface area (Å²) in [4.78, 5) is 14.1. The minimum Gasteiger partial charge on any atom is -0.378 e. The van der Waals surface area contributed by atoms with Gasteiger partial charge in [0.25, 0.3) is 0 Å². The Morgan fingerprint density at radius 2 is 2.00 bits per heavy atom. The van der Waals surface area contributed by atoms with Crippen LogP contribution in [-0.2, 0) is 9.53 Å². The van der Waals surface area contributed by atoms with E-state index in [-0.39, 0.29) is 12.4 Å². The lowest BCUT2D eigenvalue weighted by molar-refractivity contribution is -0.133. The summed E-state index contributed by atoms with van der Waals surface area (Å²) < 4.78 is 5.75. The zero-order chi connectivity index (χ0) is 14.6. The van der Waals surface area contributed by atoms with Gasteiger partial charge in [0.2, 0.25) is 5.91 Å². The van der Waals surface area contributed by atoms with Gasteiger partial charge in [0.1, 0.15) is 0 Å². The molecule has 0 bridgehead atoms. The van der Waals surface area contributed by atoms with Gasteiger partial charge in [-0.1, -0.05) is 13.3 Å². The summed E-state index contributed by atoms with van der Waals surface area (Å²) in [5, 5.41) is 0. The lowest BCUT2D eigenvalue weighted by Gasteiger charge is -2.32. The first-order chi connectivity index (χ1) is 9.77. The van der Waals surface area contributed by atoms with Crippen molar-refractivity contribution in [3.63, 3.8) is 0 Å². The molecule has 126 valence electrons. The predicted molar refractivity (Wildman–Crippen MR) is 93.3 cm³/mol. The summed E-state index contributed by atoms with van der Waals surface area (Å²) in [6.45, 7) is 5.35. The Morgan fingerprint density at radius 3 is 2.62 bits per heavy atom. The number of ether oxygens (including phenoxy) is 1. The van der Waals surface area contributed by atoms with Gasteiger partial charge in [-0.3, -0.25) is 4.79 Å². The highest BCUT2D eigenvalue weighted by molar-refractivity contribution is 7.99. The van der Waals surface area contributed by atoms with Crippen molar-refractivity contribution in [2.75, 3.05) is 37.7 Å². The molecule has 0 radical (unpaired) electrons. The van der Waals surface area contributed by atoms with Crippen LogP contribution in [0, 0.1) is 0 Å². The van der Waals surface area contributed by atoms with E-state index in [1.807, 2.05) is 16.7 Å². The monoisotopic (exact) mass is 338 g/mol. The molecule has 0 spiro atoms. The van der Waals surface area contributed by atoms with Crippen LogP contribution >= 0.6 is 24.2 Å². The molecule has 2 N–H and O–H groups in total. The third-order valence-corrected chi connectivity index (χ3v) is 4.67. The number of carbonyl (C=O) groups excluding carboxylic acids is 1. The van der Waals surface area contributed by atoms with Gasteiger partial charge in [0.05, 0.1) is 6.10 Å². The van der Waals surface area contributed by atoms with Crippen molar-refractivity contribution in [2.24, 2.45) is 5.73 Å². The SMILES string of the molecule is CCCCSCCC(=O)N1CCC(OCCCN)CC1.Cl. The van der Waals surface area contributed by atoms with Gasteiger partial charge in [0, 0.05) is 31.9 Å². The first kappa shape index (κ1) is 21.0. The van der Waals surface area contributed by atoms with E-state index in [0.29, 0.717) is 25.0 Å². The molecule has 0 aromatic rings. The van der Waals surface area contributed by atoms with Crippen LogP contribution in [0.25, 0.3) is 0 Å². The molecule has 0 atom stereocenters. The number of hydrogen-bond acceptors (Lipinski definition) is 4. The highest BCUT2D eigenvalue weighted by Gasteiger charge is 2.22. The van der Waals surface area contributed by atoms with E-state index in [2.05, 4.69) is 6.92 Å². The summed E-state index contributed by atoms with van der Waals surface area (Å²) >= 11 is 1.90. The normalized spacial score (nSPS) is 15.8. The Hall–Kier alpha value is 0.0300. The number of rotatable bonds is 10. The molecule has 1 aliphatic rings. The molecular weight excluding hydrogens is 308 g/mol. The fraction of sp³-hybridized carbons (Fsp3) is 0.933. The molecule has 1 rings (SSSR count). The predicted octanol–water partition coefficient (Wildman–Crippen LogP) is 2.69. The fourth-order valence-corrected chi connectivity index (χ4v) is 3.29. The van der Waals surface area contributed by atoms with Crippen LogP contribution < -0.4 is 5.73 Å². The lowest BCUT2D eigenvalue weighted by atomic mass is 10.1. The van der Waals surface area contributed by atoms with Gasteiger partial charge in [0.15, 0.2) is 0 Å². The minimum absolute atomic E-state index is 0. The number of nitrogens with two attached hydrogens (primary N) is 1. The molecule has 4 nitrogen and oxygen atoms in total. The van der Waals surface area contributed by atoms with Crippen molar-refractivity contribution in [3.8, 4) is 0 Å². The van der Waals surface area contributed by atoms with Crippen molar-refractivity contribution in [1.82, 2.24) is 4.90 Å². The number of piperidine rings is 1. The third kappa shape index (κ3) is 9.61. The van der Waals surface area contributed by atoms with Crippen molar-refractivity contribution < 1.29 is 9.53 Å². The van der Waals surface area contributed by atoms with Crippen LogP contribution in [-0.4, -0.2) is 54.7 Å². The van der Waals surface area contributed by atoms with Crippen molar-refractivity contribution in [1.29, 1.82) is 0 Å². The number of likely N-dealkylation sites (tertiary alicyclic amines) is 1. The molecule has 1 heterocycles. The highest BCUT2D eigenvalue weighted by Crippen LogP contribution is 2.16. The molecule has 0 aromatic carbocycles. The second kappa shape index (κ2) is 13.7. The third-order valence-electron chi connectivity index (χ3n) is 3.60. The van der Waals surface area contributed by atoms with Crippen molar-refractivity contribution in [3.05, 3.63) is 0 Å². The van der Waals surface area contributed by atoms with Crippen LogP contribution in [0.3, 0.4) is 0 Å². The smallest absolute Gasteiger partial charge is 0.223 e. The lowest BCUT2D eigenvalue weighted by Crippen LogP contribution is -2.41. The van der Waals surface area contributed by atoms with Gasteiger partial charge < -0.3 is 15.4 Å². The van der Waals surface area contributed by atoms with Crippen molar-refractivity contribution in [2.45, 2.75) is 51.6 Å². The molecule has 0 saturated carbocycles. The summed E-state index contributed by atoms with van der Waals surface area (Å²) in [6, 6.07) is 0. The van der Waals surface area contributed by atoms with Gasteiger partial charge in [-0.05, 0) is 38.0 Å². The molecule has 0 aliphatic carbocycles. The number of hydrogen-bond donors (Lipinski definition) is 1. The van der Waals surface area contributed by atoms with Crippen LogP contribution in [0.4, 0.5) is 0 Å². The Balaban J connectivity index is 0.00000400. The summed E-state index contributed by atoms with van der Waals surface area (Å²) in [5.74, 6) is 2.46. The zero-order valence-corrected chi connectivity index (χ0v) is 14.9. The number of thioether (sulfide) groups is 1. The van der Waals surface area contributed by atoms with Gasteiger partial charge in [-0.2, -0.15) is 11.8 Å². The van der Waals surface area contributed by atoms with E-state index >= 15 is 0 Å². The maximum absolute atomic E-state index is 12.1. The molecule has 1 aliphatic heterocycles. The van der Waals surface area contributed by atoms with E-state index in [4.69, 9.17) is 10.5 Å². The number of halogens is 1. The maximum Gasteiger partial charge on any atom is 0.223 e. The van der Waals surface area contributed by atoms with Crippen LogP contribution in [0.5, 0.6) is 0 Å². The number of carbonyl (C=O) groups is 1. The number of amides is 1. The summed E-state index contributed by atoms with van der Waals surface area (Å²) in [6.07, 6.45) is 6.37. The summed E-state index contributed by atoms with van der Waals surface area (Å²) in [5.41, 5.74) is 5.45. The topological polar surface area (TPSA) is 55.6 Å². The zero-order valence-electron chi connectivity index (χ0n) is 13.2. The van der Waals surface area contributed by atoms with Gasteiger partial charge in [-0.15, -0.1) is 12.4 Å². The average molecular weight is 339 g/mol. The average Bonchev–Trinajstić information content (AvgIpc) is 2.48. The van der Waals surface area contributed by atoms with E-state index in [0.717, 1.165) is 44.7 Å². The van der Waals surface area contributed by atoms with E-state index in [1.54, 1.807) is 0 Å². The number of unbranched alkanes of at least 4 members (excludes halogenated alkanes) is 1. The maximum atomic E-state index is 12.1. The van der Waals surface area contributed by atoms with Crippen LogP contribution in [0.2, 0.25) is 0 Å². The van der Waals surface area contributed by atoms with Gasteiger partial charge in [-0.25, -0.2) is 0 Å².